The number of hydrogen-bond donors (Lipinski definition) is 1. The zero-order chi connectivity index (χ0) is 19.5. The maximum Gasteiger partial charge on any atom is 0.291 e. The molecule has 4 rings (SSSR count). The number of aromatic nitrogens is 4. The Hall–Kier alpha value is -2.00. The molecule has 0 aromatic carbocycles. The average molecular weight is 450 g/mol. The maximum absolute atomic E-state index is 13.2. The van der Waals surface area contributed by atoms with Crippen LogP contribution >= 0.6 is 27.3 Å². The van der Waals surface area contributed by atoms with Crippen LogP contribution < -0.4 is 11.0 Å². The van der Waals surface area contributed by atoms with Gasteiger partial charge in [-0.05, 0) is 60.5 Å². The third kappa shape index (κ3) is 2.93. The first-order valence-corrected chi connectivity index (χ1v) is 10.4. The number of thiophene rings is 1. The number of nitrogens with zero attached hydrogens (tertiary/aromatic N) is 4. The third-order valence-electron chi connectivity index (χ3n) is 5.19. The zero-order valence-electron chi connectivity index (χ0n) is 15.6. The van der Waals surface area contributed by atoms with E-state index in [0.29, 0.717) is 21.6 Å². The number of carbonyl (C=O) groups is 1. The number of fused-ring (bicyclic) bond motifs is 3. The molecular weight excluding hydrogens is 430 g/mol. The van der Waals surface area contributed by atoms with Crippen molar-refractivity contribution in [1.82, 2.24) is 19.4 Å². The van der Waals surface area contributed by atoms with Crippen LogP contribution in [-0.4, -0.2) is 25.3 Å². The van der Waals surface area contributed by atoms with Crippen molar-refractivity contribution in [3.05, 3.63) is 42.5 Å². The van der Waals surface area contributed by atoms with Crippen LogP contribution in [0.4, 0.5) is 0 Å². The summed E-state index contributed by atoms with van der Waals surface area (Å²) in [7, 11) is 1.76. The van der Waals surface area contributed by atoms with Gasteiger partial charge < -0.3 is 0 Å². The molecule has 1 aliphatic carbocycles. The Bertz CT molecular complexity index is 1140. The predicted octanol–water partition coefficient (Wildman–Crippen LogP) is 3.08. The zero-order valence-corrected chi connectivity index (χ0v) is 18.0. The second-order valence-electron chi connectivity index (χ2n) is 7.14. The summed E-state index contributed by atoms with van der Waals surface area (Å²) in [5.74, 6) is 0.629. The number of halogens is 1. The van der Waals surface area contributed by atoms with Gasteiger partial charge in [0, 0.05) is 11.9 Å². The molecule has 9 heteroatoms. The van der Waals surface area contributed by atoms with E-state index in [0.717, 1.165) is 35.4 Å². The first kappa shape index (κ1) is 18.4. The maximum atomic E-state index is 13.2. The number of hydrogen-bond acceptors (Lipinski definition) is 5. The van der Waals surface area contributed by atoms with Gasteiger partial charge in [-0.25, -0.2) is 9.66 Å². The van der Waals surface area contributed by atoms with Gasteiger partial charge in [0.2, 0.25) is 0 Å². The minimum absolute atomic E-state index is 0.221. The lowest BCUT2D eigenvalue weighted by Gasteiger charge is -2.17. The fraction of sp³-hybridized carbons (Fsp3) is 0.444. The molecule has 1 amide bonds. The molecule has 1 N–H and O–H groups in total. The first-order valence-electron chi connectivity index (χ1n) is 8.82. The summed E-state index contributed by atoms with van der Waals surface area (Å²) in [6, 6.07) is 0. The van der Waals surface area contributed by atoms with E-state index in [1.165, 1.54) is 9.55 Å². The second-order valence-corrected chi connectivity index (χ2v) is 9.02. The lowest BCUT2D eigenvalue weighted by Crippen LogP contribution is -2.36. The number of carbonyl (C=O) groups excluding carboxylic acids is 1. The van der Waals surface area contributed by atoms with E-state index in [4.69, 9.17) is 0 Å². The molecule has 0 bridgehead atoms. The molecule has 27 heavy (non-hydrogen) atoms. The third-order valence-corrected chi connectivity index (χ3v) is 7.28. The molecule has 7 nitrogen and oxygen atoms in total. The lowest BCUT2D eigenvalue weighted by molar-refractivity contribution is 0.1000. The van der Waals surface area contributed by atoms with Gasteiger partial charge in [0.15, 0.2) is 5.69 Å². The molecule has 3 heterocycles. The average Bonchev–Trinajstić information content (AvgIpc) is 3.09. The van der Waals surface area contributed by atoms with Gasteiger partial charge in [0.1, 0.15) is 10.7 Å². The minimum atomic E-state index is -0.449. The topological polar surface area (TPSA) is 81.8 Å². The van der Waals surface area contributed by atoms with Crippen molar-refractivity contribution in [3.63, 3.8) is 0 Å². The lowest BCUT2D eigenvalue weighted by atomic mass is 9.89. The van der Waals surface area contributed by atoms with Crippen LogP contribution in [0, 0.1) is 19.8 Å². The van der Waals surface area contributed by atoms with Crippen LogP contribution in [-0.2, 0) is 19.9 Å². The van der Waals surface area contributed by atoms with Crippen LogP contribution in [0.1, 0.15) is 45.8 Å². The number of nitrogens with one attached hydrogen (secondary N) is 1. The van der Waals surface area contributed by atoms with Crippen LogP contribution in [0.2, 0.25) is 0 Å². The van der Waals surface area contributed by atoms with Crippen LogP contribution in [0.5, 0.6) is 0 Å². The fourth-order valence-electron chi connectivity index (χ4n) is 3.50. The standard InChI is InChI=1S/C18H20BrN5O2S/c1-8-5-6-11-12(7-8)27-17-13(11)18(26)24(10(3)20-17)22-16(25)15-14(19)9(2)23(4)21-15/h8H,5-7H2,1-4H3,(H,22,25)/t8-/m0/s1. The van der Waals surface area contributed by atoms with Gasteiger partial charge in [0.25, 0.3) is 11.5 Å². The molecule has 0 fully saturated rings. The van der Waals surface area contributed by atoms with Gasteiger partial charge in [-0.2, -0.15) is 5.10 Å². The summed E-state index contributed by atoms with van der Waals surface area (Å²) in [4.78, 5) is 32.5. The molecule has 3 aromatic heterocycles. The highest BCUT2D eigenvalue weighted by molar-refractivity contribution is 9.10. The largest absolute Gasteiger partial charge is 0.291 e. The minimum Gasteiger partial charge on any atom is -0.271 e. The van der Waals surface area contributed by atoms with Crippen molar-refractivity contribution in [2.45, 2.75) is 40.0 Å². The quantitative estimate of drug-likeness (QED) is 0.651. The summed E-state index contributed by atoms with van der Waals surface area (Å²) in [6.45, 7) is 5.82. The van der Waals surface area contributed by atoms with Crippen LogP contribution in [0.3, 0.4) is 0 Å². The van der Waals surface area contributed by atoms with Crippen LogP contribution in [0.25, 0.3) is 10.2 Å². The summed E-state index contributed by atoms with van der Waals surface area (Å²) < 4.78 is 3.47. The van der Waals surface area contributed by atoms with Gasteiger partial charge in [-0.3, -0.25) is 19.7 Å². The van der Waals surface area contributed by atoms with E-state index in [-0.39, 0.29) is 11.3 Å². The van der Waals surface area contributed by atoms with E-state index >= 15 is 0 Å². The van der Waals surface area contributed by atoms with Gasteiger partial charge in [0.05, 0.1) is 15.6 Å². The Morgan fingerprint density at radius 1 is 1.37 bits per heavy atom. The van der Waals surface area contributed by atoms with Crippen molar-refractivity contribution >= 4 is 43.4 Å². The van der Waals surface area contributed by atoms with Crippen LogP contribution in [0.15, 0.2) is 9.27 Å². The van der Waals surface area contributed by atoms with E-state index in [2.05, 4.69) is 38.4 Å². The molecule has 1 aliphatic rings. The van der Waals surface area contributed by atoms with Crippen molar-refractivity contribution in [2.75, 3.05) is 5.43 Å². The van der Waals surface area contributed by atoms with Crippen molar-refractivity contribution in [3.8, 4) is 0 Å². The Labute approximate surface area is 168 Å². The van der Waals surface area contributed by atoms with E-state index in [1.54, 1.807) is 30.0 Å². The molecule has 1 atom stereocenters. The number of aryl methyl sites for hydroxylation is 3. The molecule has 0 spiro atoms. The molecule has 0 saturated heterocycles. The van der Waals surface area contributed by atoms with E-state index < -0.39 is 5.91 Å². The second kappa shape index (κ2) is 6.56. The molecule has 0 unspecified atom stereocenters. The Morgan fingerprint density at radius 2 is 2.11 bits per heavy atom. The Balaban J connectivity index is 1.79. The monoisotopic (exact) mass is 449 g/mol. The smallest absolute Gasteiger partial charge is 0.271 e. The highest BCUT2D eigenvalue weighted by Crippen LogP contribution is 2.35. The fourth-order valence-corrected chi connectivity index (χ4v) is 5.44. The molecule has 0 radical (unpaired) electrons. The van der Waals surface area contributed by atoms with Gasteiger partial charge in [-0.1, -0.05) is 6.92 Å². The van der Waals surface area contributed by atoms with E-state index in [1.807, 2.05) is 6.92 Å². The van der Waals surface area contributed by atoms with Crippen molar-refractivity contribution in [2.24, 2.45) is 13.0 Å². The van der Waals surface area contributed by atoms with Gasteiger partial charge in [-0.15, -0.1) is 11.3 Å². The summed E-state index contributed by atoms with van der Waals surface area (Å²) in [5.41, 5.74) is 4.63. The summed E-state index contributed by atoms with van der Waals surface area (Å²) in [5, 5.41) is 4.86. The van der Waals surface area contributed by atoms with E-state index in [9.17, 15) is 9.59 Å². The molecule has 0 aliphatic heterocycles. The summed E-state index contributed by atoms with van der Waals surface area (Å²) >= 11 is 5.00. The van der Waals surface area contributed by atoms with Gasteiger partial charge >= 0.3 is 0 Å². The highest BCUT2D eigenvalue weighted by Gasteiger charge is 2.25. The summed E-state index contributed by atoms with van der Waals surface area (Å²) in [6.07, 6.45) is 2.94. The molecule has 3 aromatic rings. The Kier molecular flexibility index (Phi) is 4.46. The van der Waals surface area contributed by atoms with Crippen molar-refractivity contribution < 1.29 is 4.79 Å². The molecular formula is C18H20BrN5O2S. The Morgan fingerprint density at radius 3 is 2.78 bits per heavy atom. The SMILES string of the molecule is Cc1c(Br)c(C(=O)Nn2c(C)nc3sc4c(c3c2=O)CC[C@H](C)C4)nn1C. The molecule has 142 valence electrons. The van der Waals surface area contributed by atoms with Crippen molar-refractivity contribution in [1.29, 1.82) is 0 Å². The number of rotatable bonds is 2. The highest BCUT2D eigenvalue weighted by atomic mass is 79.9. The number of amides is 1. The molecule has 0 saturated carbocycles. The first-order chi connectivity index (χ1) is 12.8. The normalized spacial score (nSPS) is 16.6. The predicted molar refractivity (Wildman–Crippen MR) is 109 cm³/mol.